The SMILES string of the molecule is CN1CCC(NC(=O)c2ccc(F)cc2F)(C(N)=S)CC1. The number of nitrogens with one attached hydrogen (secondary N) is 1. The van der Waals surface area contributed by atoms with Crippen molar-refractivity contribution in [1.82, 2.24) is 10.2 Å². The van der Waals surface area contributed by atoms with Crippen molar-refractivity contribution in [2.45, 2.75) is 18.4 Å². The van der Waals surface area contributed by atoms with Crippen molar-refractivity contribution < 1.29 is 13.6 Å². The molecule has 1 aromatic rings. The largest absolute Gasteiger partial charge is 0.391 e. The van der Waals surface area contributed by atoms with Gasteiger partial charge in [-0.2, -0.15) is 0 Å². The quantitative estimate of drug-likeness (QED) is 0.829. The summed E-state index contributed by atoms with van der Waals surface area (Å²) in [6.07, 6.45) is 1.13. The topological polar surface area (TPSA) is 58.4 Å². The summed E-state index contributed by atoms with van der Waals surface area (Å²) in [4.78, 5) is 14.5. The van der Waals surface area contributed by atoms with E-state index in [1.54, 1.807) is 0 Å². The van der Waals surface area contributed by atoms with Crippen molar-refractivity contribution in [3.05, 3.63) is 35.4 Å². The average Bonchev–Trinajstić information content (AvgIpc) is 2.41. The summed E-state index contributed by atoms with van der Waals surface area (Å²) in [5, 5.41) is 2.73. The van der Waals surface area contributed by atoms with Crippen LogP contribution in [0.2, 0.25) is 0 Å². The van der Waals surface area contributed by atoms with E-state index in [2.05, 4.69) is 10.2 Å². The van der Waals surface area contributed by atoms with E-state index >= 15 is 0 Å². The van der Waals surface area contributed by atoms with Gasteiger partial charge in [-0.05, 0) is 32.0 Å². The molecule has 0 bridgehead atoms. The van der Waals surface area contributed by atoms with E-state index in [1.165, 1.54) is 0 Å². The fourth-order valence-electron chi connectivity index (χ4n) is 2.39. The molecule has 1 heterocycles. The molecule has 0 radical (unpaired) electrons. The van der Waals surface area contributed by atoms with Crippen LogP contribution in [0, 0.1) is 11.6 Å². The van der Waals surface area contributed by atoms with Gasteiger partial charge in [-0.15, -0.1) is 0 Å². The molecule has 4 nitrogen and oxygen atoms in total. The minimum atomic E-state index is -0.904. The number of rotatable bonds is 3. The molecule has 3 N–H and O–H groups in total. The van der Waals surface area contributed by atoms with Crippen molar-refractivity contribution in [3.8, 4) is 0 Å². The molecule has 1 saturated heterocycles. The molecule has 0 saturated carbocycles. The van der Waals surface area contributed by atoms with Crippen LogP contribution in [0.3, 0.4) is 0 Å². The second kappa shape index (κ2) is 6.03. The molecule has 0 aromatic heterocycles. The van der Waals surface area contributed by atoms with Crippen LogP contribution in [0.5, 0.6) is 0 Å². The third kappa shape index (κ3) is 3.36. The fraction of sp³-hybridized carbons (Fsp3) is 0.429. The Morgan fingerprint density at radius 3 is 2.52 bits per heavy atom. The van der Waals surface area contributed by atoms with Crippen LogP contribution in [0.25, 0.3) is 0 Å². The number of hydrogen-bond donors (Lipinski definition) is 2. The van der Waals surface area contributed by atoms with Gasteiger partial charge in [-0.25, -0.2) is 8.78 Å². The Morgan fingerprint density at radius 2 is 2.00 bits per heavy atom. The molecule has 114 valence electrons. The van der Waals surface area contributed by atoms with E-state index in [1.807, 2.05) is 7.05 Å². The van der Waals surface area contributed by atoms with Crippen LogP contribution in [0.1, 0.15) is 23.2 Å². The Balaban J connectivity index is 2.21. The summed E-state index contributed by atoms with van der Waals surface area (Å²) in [5.74, 6) is -2.27. The number of piperidine rings is 1. The minimum absolute atomic E-state index is 0.187. The lowest BCUT2D eigenvalue weighted by Crippen LogP contribution is -2.61. The zero-order valence-electron chi connectivity index (χ0n) is 11.7. The van der Waals surface area contributed by atoms with Gasteiger partial charge < -0.3 is 16.0 Å². The summed E-state index contributed by atoms with van der Waals surface area (Å²) >= 11 is 5.08. The number of benzene rings is 1. The van der Waals surface area contributed by atoms with Crippen LogP contribution in [0.15, 0.2) is 18.2 Å². The molecule has 0 unspecified atom stereocenters. The van der Waals surface area contributed by atoms with Crippen molar-refractivity contribution in [2.75, 3.05) is 20.1 Å². The lowest BCUT2D eigenvalue weighted by molar-refractivity contribution is 0.0886. The second-order valence-electron chi connectivity index (χ2n) is 5.33. The molecular formula is C14H17F2N3OS. The number of likely N-dealkylation sites (tertiary alicyclic amines) is 1. The zero-order valence-corrected chi connectivity index (χ0v) is 12.5. The van der Waals surface area contributed by atoms with Crippen molar-refractivity contribution in [3.63, 3.8) is 0 Å². The highest BCUT2D eigenvalue weighted by atomic mass is 32.1. The summed E-state index contributed by atoms with van der Waals surface area (Å²) in [7, 11) is 1.96. The van der Waals surface area contributed by atoms with Crippen LogP contribution >= 0.6 is 12.2 Å². The van der Waals surface area contributed by atoms with Gasteiger partial charge in [-0.3, -0.25) is 4.79 Å². The van der Waals surface area contributed by atoms with E-state index in [9.17, 15) is 13.6 Å². The van der Waals surface area contributed by atoms with Crippen molar-refractivity contribution >= 4 is 23.1 Å². The molecule has 1 aliphatic heterocycles. The molecule has 0 spiro atoms. The van der Waals surface area contributed by atoms with Gasteiger partial charge in [0, 0.05) is 19.2 Å². The van der Waals surface area contributed by atoms with E-state index in [0.29, 0.717) is 18.9 Å². The summed E-state index contributed by atoms with van der Waals surface area (Å²) in [6, 6.07) is 2.83. The van der Waals surface area contributed by atoms with E-state index in [-0.39, 0.29) is 10.6 Å². The normalized spacial score (nSPS) is 18.2. The number of hydrogen-bond acceptors (Lipinski definition) is 3. The number of nitrogens with zero attached hydrogens (tertiary/aromatic N) is 1. The molecule has 7 heteroatoms. The third-order valence-electron chi connectivity index (χ3n) is 3.84. The van der Waals surface area contributed by atoms with Gasteiger partial charge in [-0.1, -0.05) is 12.2 Å². The van der Waals surface area contributed by atoms with Gasteiger partial charge in [0.05, 0.1) is 16.1 Å². The maximum Gasteiger partial charge on any atom is 0.255 e. The molecule has 1 aromatic carbocycles. The number of carbonyl (C=O) groups is 1. The first kappa shape index (κ1) is 15.8. The molecule has 0 aliphatic carbocycles. The number of amides is 1. The predicted octanol–water partition coefficient (Wildman–Crippen LogP) is 1.45. The number of nitrogens with two attached hydrogens (primary N) is 1. The molecule has 1 aliphatic rings. The highest BCUT2D eigenvalue weighted by Gasteiger charge is 2.38. The van der Waals surface area contributed by atoms with Crippen molar-refractivity contribution in [1.29, 1.82) is 0 Å². The maximum absolute atomic E-state index is 13.7. The molecular weight excluding hydrogens is 296 g/mol. The highest BCUT2D eigenvalue weighted by Crippen LogP contribution is 2.23. The van der Waals surface area contributed by atoms with Gasteiger partial charge in [0.1, 0.15) is 11.6 Å². The van der Waals surface area contributed by atoms with Crippen LogP contribution in [-0.2, 0) is 0 Å². The van der Waals surface area contributed by atoms with Gasteiger partial charge in [0.25, 0.3) is 5.91 Å². The highest BCUT2D eigenvalue weighted by molar-refractivity contribution is 7.80. The van der Waals surface area contributed by atoms with E-state index in [0.717, 1.165) is 25.2 Å². The molecule has 1 fully saturated rings. The standard InChI is InChI=1S/C14H17F2N3OS/c1-19-6-4-14(5-7-19,13(17)21)18-12(20)10-3-2-9(15)8-11(10)16/h2-3,8H,4-7H2,1H3,(H2,17,21)(H,18,20). The first-order chi connectivity index (χ1) is 9.84. The molecule has 2 rings (SSSR count). The number of carbonyl (C=O) groups excluding carboxylic acids is 1. The molecule has 1 amide bonds. The van der Waals surface area contributed by atoms with Crippen LogP contribution < -0.4 is 11.1 Å². The third-order valence-corrected chi connectivity index (χ3v) is 4.23. The Kier molecular flexibility index (Phi) is 4.53. The number of halogens is 2. The van der Waals surface area contributed by atoms with Crippen LogP contribution in [0.4, 0.5) is 8.78 Å². The Labute approximate surface area is 127 Å². The lowest BCUT2D eigenvalue weighted by atomic mass is 9.87. The maximum atomic E-state index is 13.7. The monoisotopic (exact) mass is 313 g/mol. The van der Waals surface area contributed by atoms with Gasteiger partial charge >= 0.3 is 0 Å². The fourth-order valence-corrected chi connectivity index (χ4v) is 2.65. The minimum Gasteiger partial charge on any atom is -0.391 e. The first-order valence-electron chi connectivity index (χ1n) is 6.60. The van der Waals surface area contributed by atoms with E-state index in [4.69, 9.17) is 18.0 Å². The first-order valence-corrected chi connectivity index (χ1v) is 7.01. The Morgan fingerprint density at radius 1 is 1.38 bits per heavy atom. The molecule has 0 atom stereocenters. The van der Waals surface area contributed by atoms with Gasteiger partial charge in [0.2, 0.25) is 0 Å². The molecule has 21 heavy (non-hydrogen) atoms. The Bertz CT molecular complexity index is 571. The van der Waals surface area contributed by atoms with Gasteiger partial charge in [0.15, 0.2) is 0 Å². The second-order valence-corrected chi connectivity index (χ2v) is 5.77. The average molecular weight is 313 g/mol. The van der Waals surface area contributed by atoms with E-state index < -0.39 is 23.1 Å². The predicted molar refractivity (Wildman–Crippen MR) is 80.1 cm³/mol. The summed E-state index contributed by atoms with van der Waals surface area (Å²) in [5.41, 5.74) is 4.74. The lowest BCUT2D eigenvalue weighted by Gasteiger charge is -2.40. The Hall–Kier alpha value is -1.60. The number of thiocarbonyl (C=S) groups is 1. The zero-order chi connectivity index (χ0) is 15.6. The summed E-state index contributed by atoms with van der Waals surface area (Å²) < 4.78 is 26.6. The van der Waals surface area contributed by atoms with Crippen molar-refractivity contribution in [2.24, 2.45) is 5.73 Å². The summed E-state index contributed by atoms with van der Waals surface area (Å²) in [6.45, 7) is 1.45. The smallest absolute Gasteiger partial charge is 0.255 e. The van der Waals surface area contributed by atoms with Crippen LogP contribution in [-0.4, -0.2) is 41.5 Å².